The van der Waals surface area contributed by atoms with Crippen LogP contribution in [0.4, 0.5) is 0 Å². The predicted octanol–water partition coefficient (Wildman–Crippen LogP) is 4.27. The molecule has 2 unspecified atom stereocenters. The molecular formula is C17H22O. The van der Waals surface area contributed by atoms with E-state index < -0.39 is 0 Å². The summed E-state index contributed by atoms with van der Waals surface area (Å²) in [6, 6.07) is 8.61. The molecule has 0 N–H and O–H groups in total. The highest BCUT2D eigenvalue weighted by molar-refractivity contribution is 5.83. The molecule has 1 fully saturated rings. The molecule has 0 bridgehead atoms. The zero-order valence-electron chi connectivity index (χ0n) is 11.6. The minimum atomic E-state index is 0.142. The van der Waals surface area contributed by atoms with Crippen LogP contribution in [0.5, 0.6) is 0 Å². The summed E-state index contributed by atoms with van der Waals surface area (Å²) in [5, 5.41) is 0. The second kappa shape index (κ2) is 5.09. The van der Waals surface area contributed by atoms with Crippen molar-refractivity contribution in [2.45, 2.75) is 39.5 Å². The van der Waals surface area contributed by atoms with Gasteiger partial charge in [0.15, 0.2) is 0 Å². The van der Waals surface area contributed by atoms with E-state index in [0.717, 1.165) is 12.0 Å². The standard InChI is InChI=1S/C17H22O/c1-11(2)15-9-16(13(4)17(18)10-15)14-7-5-12(3)6-8-14/h5-8,13,15-16H,1,9-10H2,2-4H3/t13?,15-,16?/m0/s1. The summed E-state index contributed by atoms with van der Waals surface area (Å²) >= 11 is 0. The van der Waals surface area contributed by atoms with Crippen LogP contribution >= 0.6 is 0 Å². The van der Waals surface area contributed by atoms with Gasteiger partial charge in [-0.1, -0.05) is 48.9 Å². The highest BCUT2D eigenvalue weighted by Crippen LogP contribution is 2.40. The predicted molar refractivity (Wildman–Crippen MR) is 75.6 cm³/mol. The molecule has 18 heavy (non-hydrogen) atoms. The van der Waals surface area contributed by atoms with Gasteiger partial charge in [-0.25, -0.2) is 0 Å². The van der Waals surface area contributed by atoms with E-state index in [1.165, 1.54) is 11.1 Å². The molecule has 1 aromatic carbocycles. The summed E-state index contributed by atoms with van der Waals surface area (Å²) in [4.78, 5) is 12.1. The average molecular weight is 242 g/mol. The molecule has 3 atom stereocenters. The largest absolute Gasteiger partial charge is 0.299 e. The number of ketones is 1. The first-order valence-corrected chi connectivity index (χ1v) is 6.73. The molecule has 0 radical (unpaired) electrons. The van der Waals surface area contributed by atoms with Gasteiger partial charge in [0.05, 0.1) is 0 Å². The maximum Gasteiger partial charge on any atom is 0.136 e. The minimum absolute atomic E-state index is 0.142. The van der Waals surface area contributed by atoms with E-state index >= 15 is 0 Å². The molecule has 2 rings (SSSR count). The second-order valence-corrected chi connectivity index (χ2v) is 5.76. The molecule has 1 nitrogen and oxygen atoms in total. The zero-order chi connectivity index (χ0) is 13.3. The number of Topliss-reactive ketones (excluding diaryl/α,β-unsaturated/α-hetero) is 1. The monoisotopic (exact) mass is 242 g/mol. The van der Waals surface area contributed by atoms with Crippen LogP contribution < -0.4 is 0 Å². The molecule has 1 aliphatic rings. The van der Waals surface area contributed by atoms with Crippen molar-refractivity contribution in [1.29, 1.82) is 0 Å². The lowest BCUT2D eigenvalue weighted by atomic mass is 9.69. The van der Waals surface area contributed by atoms with Crippen LogP contribution in [0.25, 0.3) is 0 Å². The Balaban J connectivity index is 2.26. The fourth-order valence-corrected chi connectivity index (χ4v) is 2.86. The first kappa shape index (κ1) is 13.1. The zero-order valence-corrected chi connectivity index (χ0v) is 11.6. The second-order valence-electron chi connectivity index (χ2n) is 5.76. The van der Waals surface area contributed by atoms with Crippen molar-refractivity contribution >= 4 is 5.78 Å². The quantitative estimate of drug-likeness (QED) is 0.708. The normalized spacial score (nSPS) is 28.2. The van der Waals surface area contributed by atoms with E-state index in [2.05, 4.69) is 44.7 Å². The fourth-order valence-electron chi connectivity index (χ4n) is 2.86. The Labute approximate surface area is 110 Å². The van der Waals surface area contributed by atoms with Gasteiger partial charge in [0, 0.05) is 12.3 Å². The molecule has 0 saturated heterocycles. The van der Waals surface area contributed by atoms with E-state index in [0.29, 0.717) is 24.0 Å². The first-order valence-electron chi connectivity index (χ1n) is 6.73. The summed E-state index contributed by atoms with van der Waals surface area (Å²) in [5.41, 5.74) is 3.71. The van der Waals surface area contributed by atoms with Gasteiger partial charge in [-0.05, 0) is 37.7 Å². The number of carbonyl (C=O) groups is 1. The average Bonchev–Trinajstić information content (AvgIpc) is 2.33. The summed E-state index contributed by atoms with van der Waals surface area (Å²) < 4.78 is 0. The number of carbonyl (C=O) groups excluding carboxylic acids is 1. The van der Waals surface area contributed by atoms with Crippen LogP contribution in [0.2, 0.25) is 0 Å². The van der Waals surface area contributed by atoms with Gasteiger partial charge in [0.25, 0.3) is 0 Å². The molecule has 0 spiro atoms. The van der Waals surface area contributed by atoms with Gasteiger partial charge < -0.3 is 0 Å². The first-order chi connectivity index (χ1) is 8.49. The maximum absolute atomic E-state index is 12.1. The number of benzene rings is 1. The third-order valence-electron chi connectivity index (χ3n) is 4.30. The topological polar surface area (TPSA) is 17.1 Å². The van der Waals surface area contributed by atoms with Crippen molar-refractivity contribution in [3.05, 3.63) is 47.5 Å². The Morgan fingerprint density at radius 3 is 2.44 bits per heavy atom. The molecule has 0 aliphatic heterocycles. The highest BCUT2D eigenvalue weighted by atomic mass is 16.1. The van der Waals surface area contributed by atoms with Crippen molar-refractivity contribution in [3.63, 3.8) is 0 Å². The lowest BCUT2D eigenvalue weighted by Crippen LogP contribution is -2.30. The number of hydrogen-bond donors (Lipinski definition) is 0. The molecule has 0 aromatic heterocycles. The van der Waals surface area contributed by atoms with Crippen LogP contribution in [0.1, 0.15) is 43.7 Å². The van der Waals surface area contributed by atoms with Gasteiger partial charge in [0.2, 0.25) is 0 Å². The Morgan fingerprint density at radius 2 is 1.89 bits per heavy atom. The van der Waals surface area contributed by atoms with Crippen LogP contribution in [0.15, 0.2) is 36.4 Å². The van der Waals surface area contributed by atoms with Crippen molar-refractivity contribution in [1.82, 2.24) is 0 Å². The van der Waals surface area contributed by atoms with E-state index in [4.69, 9.17) is 0 Å². The van der Waals surface area contributed by atoms with Gasteiger partial charge in [-0.2, -0.15) is 0 Å². The minimum Gasteiger partial charge on any atom is -0.299 e. The number of allylic oxidation sites excluding steroid dienone is 1. The summed E-state index contributed by atoms with van der Waals surface area (Å²) in [5.74, 6) is 1.25. The van der Waals surface area contributed by atoms with Crippen LogP contribution in [-0.4, -0.2) is 5.78 Å². The summed E-state index contributed by atoms with van der Waals surface area (Å²) in [6.45, 7) is 10.2. The van der Waals surface area contributed by atoms with Crippen molar-refractivity contribution in [3.8, 4) is 0 Å². The third-order valence-corrected chi connectivity index (χ3v) is 4.30. The number of aryl methyl sites for hydroxylation is 1. The number of hydrogen-bond acceptors (Lipinski definition) is 1. The van der Waals surface area contributed by atoms with Gasteiger partial charge in [-0.3, -0.25) is 4.79 Å². The lowest BCUT2D eigenvalue weighted by molar-refractivity contribution is -0.125. The molecule has 1 saturated carbocycles. The van der Waals surface area contributed by atoms with Crippen molar-refractivity contribution in [2.75, 3.05) is 0 Å². The molecule has 0 amide bonds. The smallest absolute Gasteiger partial charge is 0.136 e. The fraction of sp³-hybridized carbons (Fsp3) is 0.471. The van der Waals surface area contributed by atoms with E-state index in [-0.39, 0.29) is 5.92 Å². The van der Waals surface area contributed by atoms with Crippen molar-refractivity contribution in [2.24, 2.45) is 11.8 Å². The van der Waals surface area contributed by atoms with Crippen LogP contribution in [0.3, 0.4) is 0 Å². The lowest BCUT2D eigenvalue weighted by Gasteiger charge is -2.34. The number of rotatable bonds is 2. The Bertz CT molecular complexity index is 455. The third kappa shape index (κ3) is 2.55. The molecule has 96 valence electrons. The van der Waals surface area contributed by atoms with Crippen LogP contribution in [0, 0.1) is 18.8 Å². The van der Waals surface area contributed by atoms with Gasteiger partial charge in [0.1, 0.15) is 5.78 Å². The van der Waals surface area contributed by atoms with E-state index in [1.54, 1.807) is 0 Å². The van der Waals surface area contributed by atoms with E-state index in [1.807, 2.05) is 6.92 Å². The molecular weight excluding hydrogens is 220 g/mol. The van der Waals surface area contributed by atoms with Crippen molar-refractivity contribution < 1.29 is 4.79 Å². The molecule has 0 heterocycles. The Kier molecular flexibility index (Phi) is 3.70. The summed E-state index contributed by atoms with van der Waals surface area (Å²) in [7, 11) is 0. The van der Waals surface area contributed by atoms with Gasteiger partial charge in [-0.15, -0.1) is 0 Å². The SMILES string of the molecule is C=C(C)[C@@H]1CC(=O)C(C)C(c2ccc(C)cc2)C1. The molecule has 1 heteroatoms. The maximum atomic E-state index is 12.1. The Hall–Kier alpha value is -1.37. The van der Waals surface area contributed by atoms with Gasteiger partial charge >= 0.3 is 0 Å². The van der Waals surface area contributed by atoms with E-state index in [9.17, 15) is 4.79 Å². The molecule has 1 aromatic rings. The Morgan fingerprint density at radius 1 is 1.28 bits per heavy atom. The molecule has 1 aliphatic carbocycles. The van der Waals surface area contributed by atoms with Crippen LogP contribution in [-0.2, 0) is 4.79 Å². The highest BCUT2D eigenvalue weighted by Gasteiger charge is 2.34. The summed E-state index contributed by atoms with van der Waals surface area (Å²) in [6.07, 6.45) is 1.74.